The van der Waals surface area contributed by atoms with Crippen molar-refractivity contribution in [3.63, 3.8) is 0 Å². The van der Waals surface area contributed by atoms with Crippen molar-refractivity contribution >= 4 is 23.6 Å². The van der Waals surface area contributed by atoms with Gasteiger partial charge in [-0.3, -0.25) is 34.3 Å². The quantitative estimate of drug-likeness (QED) is 0.608. The third kappa shape index (κ3) is 4.47. The number of piperidine rings is 2. The lowest BCUT2D eigenvalue weighted by Gasteiger charge is -2.31. The smallest absolute Gasteiger partial charge is 0.262 e. The van der Waals surface area contributed by atoms with Crippen molar-refractivity contribution in [3.05, 3.63) is 29.3 Å². The van der Waals surface area contributed by atoms with Crippen LogP contribution in [-0.4, -0.2) is 72.3 Å². The van der Waals surface area contributed by atoms with Crippen LogP contribution in [0.15, 0.2) is 18.2 Å². The number of ether oxygens (including phenoxy) is 1. The molecule has 166 valence electrons. The van der Waals surface area contributed by atoms with E-state index >= 15 is 0 Å². The van der Waals surface area contributed by atoms with Gasteiger partial charge in [0.2, 0.25) is 11.8 Å². The average Bonchev–Trinajstić information content (AvgIpc) is 3.00. The number of hydrogen-bond donors (Lipinski definition) is 2. The van der Waals surface area contributed by atoms with Gasteiger partial charge in [-0.15, -0.1) is 0 Å². The predicted octanol–water partition coefficient (Wildman–Crippen LogP) is 0.527. The van der Waals surface area contributed by atoms with E-state index in [1.54, 1.807) is 18.2 Å². The molecule has 2 fully saturated rings. The normalized spacial score (nSPS) is 22.6. The third-order valence-corrected chi connectivity index (χ3v) is 6.37. The van der Waals surface area contributed by atoms with Crippen molar-refractivity contribution in [2.24, 2.45) is 11.7 Å². The summed E-state index contributed by atoms with van der Waals surface area (Å²) in [6, 6.07) is 3.84. The maximum absolute atomic E-state index is 12.9. The van der Waals surface area contributed by atoms with E-state index in [1.807, 2.05) is 0 Å². The van der Waals surface area contributed by atoms with Crippen molar-refractivity contribution < 1.29 is 23.9 Å². The fraction of sp³-hybridized carbons (Fsp3) is 0.545. The number of benzene rings is 1. The average molecular weight is 428 g/mol. The van der Waals surface area contributed by atoms with Crippen LogP contribution in [0.1, 0.15) is 52.8 Å². The lowest BCUT2D eigenvalue weighted by Crippen LogP contribution is -2.54. The first-order valence-electron chi connectivity index (χ1n) is 10.9. The van der Waals surface area contributed by atoms with Crippen molar-refractivity contribution in [1.29, 1.82) is 0 Å². The molecule has 1 aromatic carbocycles. The van der Waals surface area contributed by atoms with Crippen molar-refractivity contribution in [2.75, 3.05) is 32.8 Å². The van der Waals surface area contributed by atoms with Gasteiger partial charge in [-0.2, -0.15) is 0 Å². The number of nitrogens with two attached hydrogens (primary N) is 1. The molecule has 1 unspecified atom stereocenters. The Bertz CT molecular complexity index is 894. The molecular formula is C22H28N4O5. The van der Waals surface area contributed by atoms with Gasteiger partial charge in [0.1, 0.15) is 18.4 Å². The van der Waals surface area contributed by atoms with Gasteiger partial charge in [-0.05, 0) is 69.4 Å². The molecule has 3 aliphatic rings. The molecule has 3 N–H and O–H groups in total. The van der Waals surface area contributed by atoms with E-state index in [-0.39, 0.29) is 24.0 Å². The predicted molar refractivity (Wildman–Crippen MR) is 111 cm³/mol. The minimum Gasteiger partial charge on any atom is -0.492 e. The molecule has 0 aromatic heterocycles. The molecule has 9 nitrogen and oxygen atoms in total. The highest BCUT2D eigenvalue weighted by Gasteiger charge is 2.44. The Labute approximate surface area is 180 Å². The van der Waals surface area contributed by atoms with Gasteiger partial charge in [0.15, 0.2) is 0 Å². The van der Waals surface area contributed by atoms with Gasteiger partial charge in [-0.25, -0.2) is 0 Å². The van der Waals surface area contributed by atoms with Crippen molar-refractivity contribution in [1.82, 2.24) is 15.1 Å². The lowest BCUT2D eigenvalue weighted by atomic mass is 9.94. The Balaban J connectivity index is 1.34. The number of fused-ring (bicyclic) bond motifs is 1. The zero-order valence-electron chi connectivity index (χ0n) is 17.5. The van der Waals surface area contributed by atoms with E-state index < -0.39 is 29.7 Å². The molecule has 3 aliphatic heterocycles. The van der Waals surface area contributed by atoms with Crippen LogP contribution in [0.25, 0.3) is 0 Å². The number of nitrogens with zero attached hydrogens (tertiary/aromatic N) is 2. The Hall–Kier alpha value is -2.78. The van der Waals surface area contributed by atoms with Crippen LogP contribution in [-0.2, 0) is 9.59 Å². The number of likely N-dealkylation sites (tertiary alicyclic amines) is 1. The summed E-state index contributed by atoms with van der Waals surface area (Å²) in [4.78, 5) is 52.4. The van der Waals surface area contributed by atoms with Crippen LogP contribution in [0, 0.1) is 5.92 Å². The monoisotopic (exact) mass is 428 g/mol. The number of imide groups is 2. The van der Waals surface area contributed by atoms with Gasteiger partial charge >= 0.3 is 0 Å². The van der Waals surface area contributed by atoms with Crippen LogP contribution >= 0.6 is 0 Å². The summed E-state index contributed by atoms with van der Waals surface area (Å²) in [7, 11) is 0. The highest BCUT2D eigenvalue weighted by molar-refractivity contribution is 6.23. The van der Waals surface area contributed by atoms with E-state index in [4.69, 9.17) is 10.5 Å². The van der Waals surface area contributed by atoms with E-state index in [9.17, 15) is 19.2 Å². The SMILES string of the molecule is NCCC1CCN(CCOc2ccc3c(c2)C(=O)N(C2CCC(=O)NC2=O)C3=O)CC1. The van der Waals surface area contributed by atoms with Gasteiger partial charge in [0.05, 0.1) is 11.1 Å². The van der Waals surface area contributed by atoms with E-state index in [2.05, 4.69) is 10.2 Å². The van der Waals surface area contributed by atoms with E-state index in [0.717, 1.165) is 56.3 Å². The molecule has 0 saturated carbocycles. The molecule has 0 aliphatic carbocycles. The molecule has 0 radical (unpaired) electrons. The molecule has 0 bridgehead atoms. The van der Waals surface area contributed by atoms with Crippen LogP contribution in [0.5, 0.6) is 5.75 Å². The number of nitrogens with one attached hydrogen (secondary N) is 1. The molecule has 2 saturated heterocycles. The number of hydrogen-bond acceptors (Lipinski definition) is 7. The topological polar surface area (TPSA) is 122 Å². The Morgan fingerprint density at radius 2 is 1.77 bits per heavy atom. The minimum absolute atomic E-state index is 0.0989. The standard InChI is InChI=1S/C22H28N4O5/c23-8-5-14-6-9-25(10-7-14)11-12-31-15-1-2-16-17(13-15)22(30)26(21(16)29)18-3-4-19(27)24-20(18)28/h1-2,13-14,18H,3-12,23H2,(H,24,27,28). The first-order valence-corrected chi connectivity index (χ1v) is 10.9. The minimum atomic E-state index is -0.961. The molecule has 1 aromatic rings. The largest absolute Gasteiger partial charge is 0.492 e. The zero-order chi connectivity index (χ0) is 22.0. The van der Waals surface area contributed by atoms with E-state index in [1.165, 1.54) is 0 Å². The molecule has 3 heterocycles. The van der Waals surface area contributed by atoms with Crippen LogP contribution in [0.2, 0.25) is 0 Å². The Morgan fingerprint density at radius 1 is 1.03 bits per heavy atom. The highest BCUT2D eigenvalue weighted by atomic mass is 16.5. The summed E-state index contributed by atoms with van der Waals surface area (Å²) in [5.74, 6) is -0.810. The summed E-state index contributed by atoms with van der Waals surface area (Å²) >= 11 is 0. The van der Waals surface area contributed by atoms with Crippen molar-refractivity contribution in [3.8, 4) is 5.75 Å². The lowest BCUT2D eigenvalue weighted by molar-refractivity contribution is -0.136. The molecule has 31 heavy (non-hydrogen) atoms. The molecule has 1 atom stereocenters. The van der Waals surface area contributed by atoms with Crippen LogP contribution in [0.3, 0.4) is 0 Å². The Morgan fingerprint density at radius 3 is 2.48 bits per heavy atom. The second-order valence-corrected chi connectivity index (χ2v) is 8.37. The summed E-state index contributed by atoms with van der Waals surface area (Å²) in [5, 5.41) is 2.19. The summed E-state index contributed by atoms with van der Waals surface area (Å²) in [5.41, 5.74) is 6.13. The van der Waals surface area contributed by atoms with E-state index in [0.29, 0.717) is 12.4 Å². The zero-order valence-corrected chi connectivity index (χ0v) is 17.5. The number of amides is 4. The molecule has 0 spiro atoms. The number of rotatable bonds is 7. The summed E-state index contributed by atoms with van der Waals surface area (Å²) in [6.45, 7) is 4.09. The highest BCUT2D eigenvalue weighted by Crippen LogP contribution is 2.30. The molecule has 9 heteroatoms. The van der Waals surface area contributed by atoms with Gasteiger partial charge in [0, 0.05) is 13.0 Å². The summed E-state index contributed by atoms with van der Waals surface area (Å²) in [6.07, 6.45) is 3.64. The van der Waals surface area contributed by atoms with Gasteiger partial charge < -0.3 is 10.5 Å². The third-order valence-electron chi connectivity index (χ3n) is 6.37. The maximum Gasteiger partial charge on any atom is 0.262 e. The summed E-state index contributed by atoms with van der Waals surface area (Å²) < 4.78 is 5.84. The van der Waals surface area contributed by atoms with Crippen LogP contribution in [0.4, 0.5) is 0 Å². The second kappa shape index (κ2) is 9.15. The first-order chi connectivity index (χ1) is 15.0. The second-order valence-electron chi connectivity index (χ2n) is 8.37. The van der Waals surface area contributed by atoms with Crippen LogP contribution < -0.4 is 15.8 Å². The number of carbonyl (C=O) groups is 4. The molecule has 4 rings (SSSR count). The first kappa shape index (κ1) is 21.5. The molecular weight excluding hydrogens is 400 g/mol. The maximum atomic E-state index is 12.9. The fourth-order valence-corrected chi connectivity index (χ4v) is 4.57. The molecule has 4 amide bonds. The Kier molecular flexibility index (Phi) is 6.33. The van der Waals surface area contributed by atoms with Crippen molar-refractivity contribution in [2.45, 2.75) is 38.1 Å². The fourth-order valence-electron chi connectivity index (χ4n) is 4.57. The number of carbonyl (C=O) groups excluding carboxylic acids is 4. The van der Waals surface area contributed by atoms with Gasteiger partial charge in [0.25, 0.3) is 11.8 Å². The van der Waals surface area contributed by atoms with Gasteiger partial charge in [-0.1, -0.05) is 0 Å².